The first-order valence-corrected chi connectivity index (χ1v) is 14.2. The van der Waals surface area contributed by atoms with Gasteiger partial charge in [-0.1, -0.05) is 6.42 Å². The largest absolute Gasteiger partial charge is 0.340 e. The second-order valence-corrected chi connectivity index (χ2v) is 12.1. The lowest BCUT2D eigenvalue weighted by atomic mass is 9.75. The quantitative estimate of drug-likeness (QED) is 0.278. The average Bonchev–Trinajstić information content (AvgIpc) is 2.71. The number of nitriles is 1. The number of nitrogens with zero attached hydrogens (tertiary/aromatic N) is 1. The summed E-state index contributed by atoms with van der Waals surface area (Å²) >= 11 is 1.51. The number of sulfone groups is 1. The Labute approximate surface area is 187 Å². The van der Waals surface area contributed by atoms with Crippen LogP contribution in [0.2, 0.25) is 0 Å². The molecule has 1 aliphatic carbocycles. The zero-order valence-electron chi connectivity index (χ0n) is 17.2. The Balaban J connectivity index is 2.35. The number of amides is 1. The van der Waals surface area contributed by atoms with Gasteiger partial charge in [-0.2, -0.15) is 13.7 Å². The molecule has 1 fully saturated rings. The van der Waals surface area contributed by atoms with E-state index < -0.39 is 43.1 Å². The summed E-state index contributed by atoms with van der Waals surface area (Å²) in [6, 6.07) is 8.12. The molecule has 0 bridgehead atoms. The van der Waals surface area contributed by atoms with Crippen LogP contribution in [0.15, 0.2) is 34.1 Å². The normalized spacial score (nSPS) is 21.9. The van der Waals surface area contributed by atoms with Crippen LogP contribution in [0.5, 0.6) is 0 Å². The Morgan fingerprint density at radius 1 is 1.29 bits per heavy atom. The molecule has 0 radical (unpaired) electrons. The molecule has 3 N–H and O–H groups in total. The Morgan fingerprint density at radius 3 is 2.55 bits per heavy atom. The van der Waals surface area contributed by atoms with Gasteiger partial charge in [-0.15, -0.1) is 11.8 Å². The standard InChI is InChI=1S/C19H27N3O6S3/c1-30(24,25)28-19(18(23)22-12-10-20)9-3-2-4-15(19)14-31(26,27)17-7-5-16(6-8-17)29-13-11-21/h5-8,15H,2-4,9,11-14,21H2,1H3,(H,22,23). The van der Waals surface area contributed by atoms with E-state index in [1.807, 2.05) is 0 Å². The molecule has 0 aliphatic heterocycles. The number of benzene rings is 1. The molecule has 9 nitrogen and oxygen atoms in total. The molecule has 2 atom stereocenters. The molecule has 0 spiro atoms. The summed E-state index contributed by atoms with van der Waals surface area (Å²) in [4.78, 5) is 13.8. The maximum Gasteiger partial charge on any atom is 0.265 e. The molecule has 1 amide bonds. The topological polar surface area (TPSA) is 156 Å². The summed E-state index contributed by atoms with van der Waals surface area (Å²) in [6.07, 6.45) is 2.31. The van der Waals surface area contributed by atoms with Crippen molar-refractivity contribution in [3.05, 3.63) is 24.3 Å². The minimum absolute atomic E-state index is 0.0478. The van der Waals surface area contributed by atoms with Crippen LogP contribution in [-0.2, 0) is 28.9 Å². The molecule has 31 heavy (non-hydrogen) atoms. The first-order chi connectivity index (χ1) is 14.5. The van der Waals surface area contributed by atoms with E-state index in [2.05, 4.69) is 5.32 Å². The number of carbonyl (C=O) groups excluding carboxylic acids is 1. The maximum atomic E-state index is 13.1. The highest BCUT2D eigenvalue weighted by molar-refractivity contribution is 7.99. The molecule has 172 valence electrons. The van der Waals surface area contributed by atoms with Crippen LogP contribution >= 0.6 is 11.8 Å². The van der Waals surface area contributed by atoms with Gasteiger partial charge < -0.3 is 11.1 Å². The average molecular weight is 490 g/mol. The molecular weight excluding hydrogens is 462 g/mol. The number of hydrogen-bond acceptors (Lipinski definition) is 9. The summed E-state index contributed by atoms with van der Waals surface area (Å²) in [5.74, 6) is -1.41. The van der Waals surface area contributed by atoms with E-state index in [-0.39, 0.29) is 17.9 Å². The van der Waals surface area contributed by atoms with Crippen molar-refractivity contribution in [1.82, 2.24) is 5.32 Å². The first-order valence-electron chi connectivity index (χ1n) is 9.75. The van der Waals surface area contributed by atoms with Gasteiger partial charge in [-0.05, 0) is 43.5 Å². The number of hydrogen-bond donors (Lipinski definition) is 2. The van der Waals surface area contributed by atoms with Crippen molar-refractivity contribution in [3.8, 4) is 6.07 Å². The van der Waals surface area contributed by atoms with E-state index in [1.54, 1.807) is 18.2 Å². The highest BCUT2D eigenvalue weighted by atomic mass is 32.2. The Morgan fingerprint density at radius 2 is 1.97 bits per heavy atom. The number of rotatable bonds is 10. The van der Waals surface area contributed by atoms with E-state index >= 15 is 0 Å². The van der Waals surface area contributed by atoms with Crippen LogP contribution in [0.1, 0.15) is 25.7 Å². The van der Waals surface area contributed by atoms with Crippen molar-refractivity contribution in [2.45, 2.75) is 41.1 Å². The van der Waals surface area contributed by atoms with Gasteiger partial charge in [0.05, 0.1) is 23.0 Å². The van der Waals surface area contributed by atoms with Gasteiger partial charge >= 0.3 is 0 Å². The number of thioether (sulfide) groups is 1. The molecule has 1 saturated carbocycles. The van der Waals surface area contributed by atoms with Gasteiger partial charge in [0, 0.05) is 23.1 Å². The molecular formula is C19H27N3O6S3. The third-order valence-electron chi connectivity index (χ3n) is 5.01. The Hall–Kier alpha value is -1.65. The molecule has 2 unspecified atom stereocenters. The number of nitrogens with one attached hydrogen (secondary N) is 1. The lowest BCUT2D eigenvalue weighted by Crippen LogP contribution is -2.57. The van der Waals surface area contributed by atoms with Crippen LogP contribution in [-0.4, -0.2) is 59.2 Å². The molecule has 1 aromatic carbocycles. The minimum atomic E-state index is -4.07. The number of nitrogens with two attached hydrogens (primary N) is 1. The minimum Gasteiger partial charge on any atom is -0.340 e. The molecule has 0 heterocycles. The van der Waals surface area contributed by atoms with Crippen molar-refractivity contribution in [1.29, 1.82) is 5.26 Å². The lowest BCUT2D eigenvalue weighted by molar-refractivity contribution is -0.143. The fourth-order valence-corrected chi connectivity index (χ4v) is 6.93. The fraction of sp³-hybridized carbons (Fsp3) is 0.579. The van der Waals surface area contributed by atoms with Gasteiger partial charge in [0.15, 0.2) is 15.4 Å². The summed E-state index contributed by atoms with van der Waals surface area (Å²) in [5, 5.41) is 11.1. The molecule has 0 aromatic heterocycles. The first kappa shape index (κ1) is 25.6. The van der Waals surface area contributed by atoms with E-state index in [4.69, 9.17) is 15.2 Å². The zero-order valence-corrected chi connectivity index (χ0v) is 19.7. The predicted octanol–water partition coefficient (Wildman–Crippen LogP) is 1.06. The van der Waals surface area contributed by atoms with Crippen LogP contribution in [0.3, 0.4) is 0 Å². The van der Waals surface area contributed by atoms with E-state index in [0.717, 1.165) is 11.2 Å². The third-order valence-corrected chi connectivity index (χ3v) is 8.49. The molecule has 0 saturated heterocycles. The monoisotopic (exact) mass is 489 g/mol. The van der Waals surface area contributed by atoms with Crippen molar-refractivity contribution in [2.75, 3.05) is 30.9 Å². The molecule has 2 rings (SSSR count). The van der Waals surface area contributed by atoms with Gasteiger partial charge in [0.2, 0.25) is 0 Å². The fourth-order valence-electron chi connectivity index (χ4n) is 3.70. The SMILES string of the molecule is CS(=O)(=O)OC1(C(=O)NCC#N)CCCCC1CS(=O)(=O)c1ccc(SCCN)cc1. The molecule has 1 aromatic rings. The van der Waals surface area contributed by atoms with Crippen LogP contribution in [0.25, 0.3) is 0 Å². The van der Waals surface area contributed by atoms with Gasteiger partial charge in [-0.25, -0.2) is 8.42 Å². The molecule has 12 heteroatoms. The second kappa shape index (κ2) is 10.8. The highest BCUT2D eigenvalue weighted by Gasteiger charge is 2.52. The number of carbonyl (C=O) groups is 1. The maximum absolute atomic E-state index is 13.1. The highest BCUT2D eigenvalue weighted by Crippen LogP contribution is 2.40. The van der Waals surface area contributed by atoms with Crippen molar-refractivity contribution < 1.29 is 25.8 Å². The van der Waals surface area contributed by atoms with Crippen molar-refractivity contribution in [3.63, 3.8) is 0 Å². The van der Waals surface area contributed by atoms with E-state index in [0.29, 0.717) is 31.6 Å². The summed E-state index contributed by atoms with van der Waals surface area (Å²) in [5.41, 5.74) is 3.61. The smallest absolute Gasteiger partial charge is 0.265 e. The van der Waals surface area contributed by atoms with Gasteiger partial charge in [-0.3, -0.25) is 8.98 Å². The van der Waals surface area contributed by atoms with E-state index in [9.17, 15) is 21.6 Å². The van der Waals surface area contributed by atoms with Gasteiger partial charge in [0.1, 0.15) is 6.54 Å². The van der Waals surface area contributed by atoms with Crippen molar-refractivity contribution >= 4 is 37.6 Å². The van der Waals surface area contributed by atoms with Gasteiger partial charge in [0.25, 0.3) is 16.0 Å². The van der Waals surface area contributed by atoms with Crippen molar-refractivity contribution in [2.24, 2.45) is 11.7 Å². The molecule has 1 aliphatic rings. The predicted molar refractivity (Wildman–Crippen MR) is 118 cm³/mol. The summed E-state index contributed by atoms with van der Waals surface area (Å²) in [6.45, 7) is 0.164. The second-order valence-electron chi connectivity index (χ2n) is 7.35. The van der Waals surface area contributed by atoms with Crippen LogP contribution < -0.4 is 11.1 Å². The Kier molecular flexibility index (Phi) is 8.91. The Bertz CT molecular complexity index is 1020. The summed E-state index contributed by atoms with van der Waals surface area (Å²) in [7, 11) is -7.90. The van der Waals surface area contributed by atoms with Crippen LogP contribution in [0.4, 0.5) is 0 Å². The third kappa shape index (κ3) is 6.92. The summed E-state index contributed by atoms with van der Waals surface area (Å²) < 4.78 is 55.4. The zero-order chi connectivity index (χ0) is 23.1. The van der Waals surface area contributed by atoms with E-state index in [1.165, 1.54) is 23.9 Å². The van der Waals surface area contributed by atoms with Crippen LogP contribution in [0, 0.1) is 17.2 Å². The lowest BCUT2D eigenvalue weighted by Gasteiger charge is -2.41.